The highest BCUT2D eigenvalue weighted by molar-refractivity contribution is 5.87. The minimum atomic E-state index is -1.34. The first kappa shape index (κ1) is 18.9. The maximum absolute atomic E-state index is 12.4. The Morgan fingerprint density at radius 2 is 2.00 bits per heavy atom. The van der Waals surface area contributed by atoms with Gasteiger partial charge in [0, 0.05) is 31.0 Å². The molecule has 0 aliphatic rings. The summed E-state index contributed by atoms with van der Waals surface area (Å²) < 4.78 is 7.09. The van der Waals surface area contributed by atoms with Crippen molar-refractivity contribution in [1.82, 2.24) is 14.5 Å². The molecular weight excluding hydrogens is 364 g/mol. The Morgan fingerprint density at radius 1 is 1.25 bits per heavy atom. The summed E-state index contributed by atoms with van der Waals surface area (Å²) >= 11 is 0. The monoisotopic (exact) mass is 382 g/mol. The fourth-order valence-electron chi connectivity index (χ4n) is 2.54. The molecule has 9 nitrogen and oxygen atoms in total. The van der Waals surface area contributed by atoms with Crippen LogP contribution < -0.4 is 21.0 Å². The van der Waals surface area contributed by atoms with Crippen LogP contribution in [0.1, 0.15) is 16.1 Å². The molecule has 2 aromatic heterocycles. The van der Waals surface area contributed by atoms with Crippen molar-refractivity contribution in [2.24, 2.45) is 0 Å². The highest BCUT2D eigenvalue weighted by Gasteiger charge is 2.15. The lowest BCUT2D eigenvalue weighted by Crippen LogP contribution is -2.21. The number of ether oxygens (including phenoxy) is 1. The van der Waals surface area contributed by atoms with E-state index < -0.39 is 17.0 Å². The number of carboxylic acids is 1. The van der Waals surface area contributed by atoms with Gasteiger partial charge >= 0.3 is 5.97 Å². The first-order valence-corrected chi connectivity index (χ1v) is 8.44. The van der Waals surface area contributed by atoms with Crippen LogP contribution in [0.15, 0.2) is 58.4 Å². The Labute approximate surface area is 159 Å². The molecule has 0 atom stereocenters. The van der Waals surface area contributed by atoms with Gasteiger partial charge in [-0.2, -0.15) is 0 Å². The highest BCUT2D eigenvalue weighted by Crippen LogP contribution is 2.18. The average Bonchev–Trinajstić information content (AvgIpc) is 2.64. The SMILES string of the molecule is Cc1cc(=O)[nH]c(NCCn2cc(Oc3ccccc3)c(=O)c(C(=O)O)c2)n1. The summed E-state index contributed by atoms with van der Waals surface area (Å²) in [6.07, 6.45) is 2.69. The number of aromatic carboxylic acids is 1. The van der Waals surface area contributed by atoms with Crippen molar-refractivity contribution in [2.75, 3.05) is 11.9 Å². The van der Waals surface area contributed by atoms with E-state index in [4.69, 9.17) is 4.74 Å². The summed E-state index contributed by atoms with van der Waals surface area (Å²) in [7, 11) is 0. The fraction of sp³-hybridized carbons (Fsp3) is 0.158. The largest absolute Gasteiger partial charge is 0.477 e. The maximum Gasteiger partial charge on any atom is 0.341 e. The van der Waals surface area contributed by atoms with E-state index in [1.54, 1.807) is 37.3 Å². The smallest absolute Gasteiger partial charge is 0.341 e. The zero-order valence-electron chi connectivity index (χ0n) is 15.0. The number of aryl methyl sites for hydroxylation is 1. The predicted molar refractivity (Wildman–Crippen MR) is 102 cm³/mol. The van der Waals surface area contributed by atoms with Crippen molar-refractivity contribution in [1.29, 1.82) is 0 Å². The third-order valence-corrected chi connectivity index (χ3v) is 3.78. The van der Waals surface area contributed by atoms with Gasteiger partial charge in [0.1, 0.15) is 11.3 Å². The van der Waals surface area contributed by atoms with Crippen LogP contribution in [0.4, 0.5) is 5.95 Å². The lowest BCUT2D eigenvalue weighted by atomic mass is 10.2. The molecule has 0 bridgehead atoms. The number of nitrogens with zero attached hydrogens (tertiary/aromatic N) is 2. The number of pyridine rings is 1. The van der Waals surface area contributed by atoms with E-state index in [1.165, 1.54) is 23.0 Å². The van der Waals surface area contributed by atoms with Gasteiger partial charge in [-0.3, -0.25) is 14.6 Å². The number of carboxylic acid groups (broad SMARTS) is 1. The van der Waals surface area contributed by atoms with Crippen LogP contribution in [0.5, 0.6) is 11.5 Å². The maximum atomic E-state index is 12.4. The number of rotatable bonds is 7. The molecule has 0 aliphatic heterocycles. The molecule has 0 saturated carbocycles. The summed E-state index contributed by atoms with van der Waals surface area (Å²) in [6.45, 7) is 2.34. The number of aromatic nitrogens is 3. The molecule has 0 unspecified atom stereocenters. The first-order valence-electron chi connectivity index (χ1n) is 8.44. The molecule has 3 N–H and O–H groups in total. The standard InChI is InChI=1S/C19H18N4O5/c1-12-9-16(24)22-19(21-12)20-7-8-23-10-14(18(26)27)17(25)15(11-23)28-13-5-3-2-4-6-13/h2-6,9-11H,7-8H2,1H3,(H,26,27)(H2,20,21,22,24). The van der Waals surface area contributed by atoms with Crippen LogP contribution in [0.3, 0.4) is 0 Å². The van der Waals surface area contributed by atoms with E-state index in [2.05, 4.69) is 15.3 Å². The Morgan fingerprint density at radius 3 is 2.68 bits per heavy atom. The Bertz CT molecular complexity index is 1110. The third kappa shape index (κ3) is 4.64. The average molecular weight is 382 g/mol. The molecular formula is C19H18N4O5. The quantitative estimate of drug-likeness (QED) is 0.569. The van der Waals surface area contributed by atoms with E-state index >= 15 is 0 Å². The molecule has 144 valence electrons. The number of benzene rings is 1. The van der Waals surface area contributed by atoms with Gasteiger partial charge in [0.2, 0.25) is 11.4 Å². The van der Waals surface area contributed by atoms with Gasteiger partial charge in [0.05, 0.1) is 6.20 Å². The van der Waals surface area contributed by atoms with Gasteiger partial charge in [-0.15, -0.1) is 0 Å². The van der Waals surface area contributed by atoms with Crippen molar-refractivity contribution < 1.29 is 14.6 Å². The summed E-state index contributed by atoms with van der Waals surface area (Å²) in [6, 6.07) is 9.99. The minimum Gasteiger partial charge on any atom is -0.477 e. The molecule has 3 rings (SSSR count). The second-order valence-electron chi connectivity index (χ2n) is 5.99. The van der Waals surface area contributed by atoms with E-state index in [0.29, 0.717) is 30.5 Å². The number of aromatic amines is 1. The Kier molecular flexibility index (Phi) is 5.54. The summed E-state index contributed by atoms with van der Waals surface area (Å²) in [5.41, 5.74) is -0.799. The van der Waals surface area contributed by atoms with Crippen LogP contribution in [0.2, 0.25) is 0 Å². The van der Waals surface area contributed by atoms with Gasteiger partial charge in [-0.05, 0) is 19.1 Å². The lowest BCUT2D eigenvalue weighted by Gasteiger charge is -2.12. The molecule has 0 saturated heterocycles. The number of carbonyl (C=O) groups is 1. The fourth-order valence-corrected chi connectivity index (χ4v) is 2.54. The van der Waals surface area contributed by atoms with Crippen LogP contribution in [0, 0.1) is 6.92 Å². The van der Waals surface area contributed by atoms with E-state index in [1.807, 2.05) is 0 Å². The topological polar surface area (TPSA) is 126 Å². The van der Waals surface area contributed by atoms with Gasteiger partial charge in [0.15, 0.2) is 5.75 Å². The van der Waals surface area contributed by atoms with Gasteiger partial charge in [0.25, 0.3) is 5.56 Å². The van der Waals surface area contributed by atoms with Crippen LogP contribution in [0.25, 0.3) is 0 Å². The molecule has 1 aromatic carbocycles. The van der Waals surface area contributed by atoms with E-state index in [9.17, 15) is 19.5 Å². The number of anilines is 1. The molecule has 0 spiro atoms. The van der Waals surface area contributed by atoms with Crippen LogP contribution in [-0.4, -0.2) is 32.2 Å². The van der Waals surface area contributed by atoms with E-state index in [-0.39, 0.29) is 11.3 Å². The molecule has 0 fully saturated rings. The lowest BCUT2D eigenvalue weighted by molar-refractivity contribution is 0.0694. The predicted octanol–water partition coefficient (Wildman–Crippen LogP) is 1.84. The Balaban J connectivity index is 1.81. The number of hydrogen-bond donors (Lipinski definition) is 3. The van der Waals surface area contributed by atoms with Crippen molar-refractivity contribution in [3.63, 3.8) is 0 Å². The molecule has 0 radical (unpaired) electrons. The number of hydrogen-bond acceptors (Lipinski definition) is 6. The third-order valence-electron chi connectivity index (χ3n) is 3.78. The van der Waals surface area contributed by atoms with Crippen molar-refractivity contribution in [3.05, 3.63) is 80.6 Å². The minimum absolute atomic E-state index is 0.0896. The second kappa shape index (κ2) is 8.21. The zero-order chi connectivity index (χ0) is 20.1. The molecule has 28 heavy (non-hydrogen) atoms. The van der Waals surface area contributed by atoms with Gasteiger partial charge in [-0.1, -0.05) is 18.2 Å². The van der Waals surface area contributed by atoms with E-state index in [0.717, 1.165) is 0 Å². The summed E-state index contributed by atoms with van der Waals surface area (Å²) in [5, 5.41) is 12.3. The van der Waals surface area contributed by atoms with Crippen molar-refractivity contribution in [3.8, 4) is 11.5 Å². The molecule has 0 aliphatic carbocycles. The molecule has 2 heterocycles. The number of nitrogens with one attached hydrogen (secondary N) is 2. The number of para-hydroxylation sites is 1. The normalized spacial score (nSPS) is 10.5. The Hall–Kier alpha value is -3.88. The van der Waals surface area contributed by atoms with Gasteiger partial charge in [-0.25, -0.2) is 9.78 Å². The van der Waals surface area contributed by atoms with Gasteiger partial charge < -0.3 is 19.7 Å². The first-order chi connectivity index (χ1) is 13.4. The van der Waals surface area contributed by atoms with Crippen molar-refractivity contribution >= 4 is 11.9 Å². The molecule has 3 aromatic rings. The van der Waals surface area contributed by atoms with Crippen molar-refractivity contribution in [2.45, 2.75) is 13.5 Å². The van der Waals surface area contributed by atoms with Crippen LogP contribution >= 0.6 is 0 Å². The summed E-state index contributed by atoms with van der Waals surface area (Å²) in [4.78, 5) is 41.9. The molecule has 9 heteroatoms. The second-order valence-corrected chi connectivity index (χ2v) is 5.99. The molecule has 0 amide bonds. The van der Waals surface area contributed by atoms with Crippen LogP contribution in [-0.2, 0) is 6.54 Å². The summed E-state index contributed by atoms with van der Waals surface area (Å²) in [5.74, 6) is -0.693. The number of H-pyrrole nitrogens is 1. The highest BCUT2D eigenvalue weighted by atomic mass is 16.5. The zero-order valence-corrected chi connectivity index (χ0v) is 15.0.